The largest absolute Gasteiger partial charge is 0.377 e. The molecule has 1 aromatic carbocycles. The fourth-order valence-corrected chi connectivity index (χ4v) is 0.967. The molecule has 0 unspecified atom stereocenters. The standard InChI is InChI=1S/C10H10FNO/c1-2-13-7-9-5-8(6-12)3-4-10(9)11/h3-5H,2,7H2,1H3. The lowest BCUT2D eigenvalue weighted by atomic mass is 10.1. The second kappa shape index (κ2) is 4.58. The molecule has 0 aliphatic rings. The predicted molar refractivity (Wildman–Crippen MR) is 46.4 cm³/mol. The maximum absolute atomic E-state index is 13.0. The molecule has 0 fully saturated rings. The molecule has 0 bridgehead atoms. The van der Waals surface area contributed by atoms with Gasteiger partial charge in [0.2, 0.25) is 0 Å². The average molecular weight is 179 g/mol. The number of hydrogen-bond donors (Lipinski definition) is 0. The third-order valence-electron chi connectivity index (χ3n) is 1.64. The molecule has 0 aliphatic carbocycles. The minimum absolute atomic E-state index is 0.220. The van der Waals surface area contributed by atoms with E-state index in [0.717, 1.165) is 0 Å². The highest BCUT2D eigenvalue weighted by Crippen LogP contribution is 2.10. The van der Waals surface area contributed by atoms with Crippen molar-refractivity contribution in [2.24, 2.45) is 0 Å². The summed E-state index contributed by atoms with van der Waals surface area (Å²) in [6, 6.07) is 6.19. The SMILES string of the molecule is CCOCc1cc(C#N)ccc1F. The third kappa shape index (κ3) is 2.53. The number of benzene rings is 1. The zero-order valence-corrected chi connectivity index (χ0v) is 7.38. The van der Waals surface area contributed by atoms with Crippen molar-refractivity contribution in [2.75, 3.05) is 6.61 Å². The summed E-state index contributed by atoms with van der Waals surface area (Å²) in [6.07, 6.45) is 0. The second-order valence-corrected chi connectivity index (χ2v) is 2.56. The van der Waals surface area contributed by atoms with E-state index < -0.39 is 0 Å². The van der Waals surface area contributed by atoms with Crippen LogP contribution in [0.3, 0.4) is 0 Å². The van der Waals surface area contributed by atoms with Crippen molar-refractivity contribution < 1.29 is 9.13 Å². The Labute approximate surface area is 76.6 Å². The van der Waals surface area contributed by atoms with Crippen LogP contribution in [0, 0.1) is 17.1 Å². The van der Waals surface area contributed by atoms with E-state index in [4.69, 9.17) is 10.00 Å². The Kier molecular flexibility index (Phi) is 3.41. The van der Waals surface area contributed by atoms with Crippen molar-refractivity contribution in [3.63, 3.8) is 0 Å². The van der Waals surface area contributed by atoms with Crippen LogP contribution in [0.1, 0.15) is 18.1 Å². The summed E-state index contributed by atoms with van der Waals surface area (Å²) in [7, 11) is 0. The van der Waals surface area contributed by atoms with Crippen molar-refractivity contribution in [2.45, 2.75) is 13.5 Å². The average Bonchev–Trinajstić information content (AvgIpc) is 2.17. The van der Waals surface area contributed by atoms with Gasteiger partial charge in [0.1, 0.15) is 5.82 Å². The van der Waals surface area contributed by atoms with E-state index in [0.29, 0.717) is 17.7 Å². The molecule has 0 aromatic heterocycles. The Morgan fingerprint density at radius 1 is 1.54 bits per heavy atom. The molecule has 0 saturated heterocycles. The van der Waals surface area contributed by atoms with E-state index in [1.165, 1.54) is 18.2 Å². The van der Waals surface area contributed by atoms with Crippen LogP contribution in [0.5, 0.6) is 0 Å². The molecule has 0 aliphatic heterocycles. The molecule has 3 heteroatoms. The van der Waals surface area contributed by atoms with E-state index in [2.05, 4.69) is 0 Å². The van der Waals surface area contributed by atoms with E-state index in [-0.39, 0.29) is 12.4 Å². The first kappa shape index (κ1) is 9.69. The Bertz CT molecular complexity index is 330. The van der Waals surface area contributed by atoms with Crippen LogP contribution in [0.25, 0.3) is 0 Å². The van der Waals surface area contributed by atoms with E-state index in [1.807, 2.05) is 13.0 Å². The summed E-state index contributed by atoms with van der Waals surface area (Å²) in [5.41, 5.74) is 0.886. The van der Waals surface area contributed by atoms with Gasteiger partial charge in [-0.15, -0.1) is 0 Å². The highest BCUT2D eigenvalue weighted by molar-refractivity contribution is 5.33. The Hall–Kier alpha value is -1.40. The van der Waals surface area contributed by atoms with E-state index >= 15 is 0 Å². The lowest BCUT2D eigenvalue weighted by Crippen LogP contribution is -1.96. The zero-order valence-electron chi connectivity index (χ0n) is 7.38. The van der Waals surface area contributed by atoms with Crippen molar-refractivity contribution >= 4 is 0 Å². The van der Waals surface area contributed by atoms with Gasteiger partial charge in [-0.1, -0.05) is 0 Å². The zero-order chi connectivity index (χ0) is 9.68. The van der Waals surface area contributed by atoms with E-state index in [9.17, 15) is 4.39 Å². The molecule has 13 heavy (non-hydrogen) atoms. The summed E-state index contributed by atoms with van der Waals surface area (Å²) < 4.78 is 18.1. The maximum Gasteiger partial charge on any atom is 0.128 e. The van der Waals surface area contributed by atoms with Gasteiger partial charge in [-0.2, -0.15) is 5.26 Å². The number of ether oxygens (including phenoxy) is 1. The predicted octanol–water partition coefficient (Wildman–Crippen LogP) is 2.23. The highest BCUT2D eigenvalue weighted by atomic mass is 19.1. The Morgan fingerprint density at radius 3 is 2.92 bits per heavy atom. The number of nitriles is 1. The van der Waals surface area contributed by atoms with Crippen LogP contribution >= 0.6 is 0 Å². The van der Waals surface area contributed by atoms with Crippen LogP contribution in [-0.4, -0.2) is 6.61 Å². The number of halogens is 1. The van der Waals surface area contributed by atoms with Crippen molar-refractivity contribution in [3.05, 3.63) is 35.1 Å². The first-order valence-electron chi connectivity index (χ1n) is 4.04. The second-order valence-electron chi connectivity index (χ2n) is 2.56. The van der Waals surface area contributed by atoms with Gasteiger partial charge in [0, 0.05) is 12.2 Å². The van der Waals surface area contributed by atoms with Gasteiger partial charge < -0.3 is 4.74 Å². The van der Waals surface area contributed by atoms with Gasteiger partial charge in [-0.25, -0.2) is 4.39 Å². The topological polar surface area (TPSA) is 33.0 Å². The summed E-state index contributed by atoms with van der Waals surface area (Å²) in [6.45, 7) is 2.60. The van der Waals surface area contributed by atoms with Crippen LogP contribution in [0.4, 0.5) is 4.39 Å². The quantitative estimate of drug-likeness (QED) is 0.712. The molecule has 0 spiro atoms. The van der Waals surface area contributed by atoms with Crippen molar-refractivity contribution in [1.82, 2.24) is 0 Å². The van der Waals surface area contributed by atoms with Gasteiger partial charge in [-0.05, 0) is 25.1 Å². The lowest BCUT2D eigenvalue weighted by molar-refractivity contribution is 0.131. The van der Waals surface area contributed by atoms with Gasteiger partial charge in [0.25, 0.3) is 0 Å². The van der Waals surface area contributed by atoms with Crippen LogP contribution in [0.15, 0.2) is 18.2 Å². The number of hydrogen-bond acceptors (Lipinski definition) is 2. The molecule has 0 atom stereocenters. The number of nitrogens with zero attached hydrogens (tertiary/aromatic N) is 1. The monoisotopic (exact) mass is 179 g/mol. The molecule has 1 aromatic rings. The van der Waals surface area contributed by atoms with Gasteiger partial charge in [-0.3, -0.25) is 0 Å². The van der Waals surface area contributed by atoms with Gasteiger partial charge >= 0.3 is 0 Å². The summed E-state index contributed by atoms with van der Waals surface area (Å²) >= 11 is 0. The van der Waals surface area contributed by atoms with Crippen LogP contribution in [-0.2, 0) is 11.3 Å². The fourth-order valence-electron chi connectivity index (χ4n) is 0.967. The van der Waals surface area contributed by atoms with Crippen molar-refractivity contribution in [1.29, 1.82) is 5.26 Å². The molecular formula is C10H10FNO. The molecule has 1 rings (SSSR count). The summed E-state index contributed by atoms with van der Waals surface area (Å²) in [5.74, 6) is -0.326. The smallest absolute Gasteiger partial charge is 0.128 e. The minimum Gasteiger partial charge on any atom is -0.377 e. The first-order chi connectivity index (χ1) is 6.27. The molecule has 0 amide bonds. The fraction of sp³-hybridized carbons (Fsp3) is 0.300. The maximum atomic E-state index is 13.0. The van der Waals surface area contributed by atoms with Gasteiger partial charge in [0.05, 0.1) is 18.2 Å². The van der Waals surface area contributed by atoms with Crippen molar-refractivity contribution in [3.8, 4) is 6.07 Å². The molecular weight excluding hydrogens is 169 g/mol. The lowest BCUT2D eigenvalue weighted by Gasteiger charge is -2.02. The number of rotatable bonds is 3. The summed E-state index contributed by atoms with van der Waals surface area (Å²) in [5, 5.41) is 8.57. The molecule has 2 nitrogen and oxygen atoms in total. The molecule has 68 valence electrons. The first-order valence-corrected chi connectivity index (χ1v) is 4.04. The molecule has 0 N–H and O–H groups in total. The third-order valence-corrected chi connectivity index (χ3v) is 1.64. The highest BCUT2D eigenvalue weighted by Gasteiger charge is 2.02. The van der Waals surface area contributed by atoms with Crippen LogP contribution < -0.4 is 0 Å². The normalized spacial score (nSPS) is 9.62. The van der Waals surface area contributed by atoms with E-state index in [1.54, 1.807) is 0 Å². The van der Waals surface area contributed by atoms with Gasteiger partial charge in [0.15, 0.2) is 0 Å². The summed E-state index contributed by atoms with van der Waals surface area (Å²) in [4.78, 5) is 0. The Morgan fingerprint density at radius 2 is 2.31 bits per heavy atom. The van der Waals surface area contributed by atoms with Crippen LogP contribution in [0.2, 0.25) is 0 Å². The molecule has 0 radical (unpaired) electrons. The minimum atomic E-state index is -0.326. The molecule has 0 heterocycles. The Balaban J connectivity index is 2.85. The molecule has 0 saturated carbocycles.